The lowest BCUT2D eigenvalue weighted by atomic mass is 9.96. The molecule has 0 radical (unpaired) electrons. The van der Waals surface area contributed by atoms with Gasteiger partial charge in [0.2, 0.25) is 0 Å². The summed E-state index contributed by atoms with van der Waals surface area (Å²) in [5, 5.41) is -0.142. The van der Waals surface area contributed by atoms with E-state index in [2.05, 4.69) is 5.43 Å². The van der Waals surface area contributed by atoms with E-state index in [1.807, 2.05) is 0 Å². The van der Waals surface area contributed by atoms with Crippen molar-refractivity contribution in [1.82, 2.24) is 5.43 Å². The third kappa shape index (κ3) is 2.52. The van der Waals surface area contributed by atoms with Crippen molar-refractivity contribution >= 4 is 11.6 Å². The topological polar surface area (TPSA) is 38.0 Å². The Morgan fingerprint density at radius 3 is 2.45 bits per heavy atom. The van der Waals surface area contributed by atoms with Gasteiger partial charge in [-0.15, -0.1) is 0 Å². The number of hydrogen-bond donors (Lipinski definition) is 2. The van der Waals surface area contributed by atoms with Crippen molar-refractivity contribution in [2.24, 2.45) is 5.84 Å². The molecule has 0 spiro atoms. The Bertz CT molecular complexity index is 647. The zero-order chi connectivity index (χ0) is 14.9. The van der Waals surface area contributed by atoms with Gasteiger partial charge in [-0.25, -0.2) is 18.6 Å². The first-order chi connectivity index (χ1) is 9.47. The molecule has 2 aromatic rings. The molecule has 0 amide bonds. The Morgan fingerprint density at radius 1 is 1.10 bits per heavy atom. The van der Waals surface area contributed by atoms with Crippen LogP contribution in [-0.2, 0) is 0 Å². The van der Waals surface area contributed by atoms with Gasteiger partial charge in [0, 0.05) is 11.1 Å². The van der Waals surface area contributed by atoms with Crippen molar-refractivity contribution in [2.45, 2.75) is 13.0 Å². The number of hydrazine groups is 1. The molecule has 2 rings (SSSR count). The highest BCUT2D eigenvalue weighted by Crippen LogP contribution is 2.31. The van der Waals surface area contributed by atoms with Gasteiger partial charge in [0.15, 0.2) is 0 Å². The van der Waals surface area contributed by atoms with Gasteiger partial charge in [-0.05, 0) is 24.6 Å². The zero-order valence-corrected chi connectivity index (χ0v) is 11.3. The molecule has 0 fully saturated rings. The summed E-state index contributed by atoms with van der Waals surface area (Å²) >= 11 is 5.68. The summed E-state index contributed by atoms with van der Waals surface area (Å²) in [5.41, 5.74) is 2.11. The van der Waals surface area contributed by atoms with Crippen LogP contribution in [0.4, 0.5) is 13.2 Å². The number of rotatable bonds is 3. The molecule has 0 heterocycles. The molecular weight excluding hydrogens is 289 g/mol. The van der Waals surface area contributed by atoms with Crippen molar-refractivity contribution in [1.29, 1.82) is 0 Å². The third-order valence-electron chi connectivity index (χ3n) is 3.07. The highest BCUT2D eigenvalue weighted by Gasteiger charge is 2.25. The lowest BCUT2D eigenvalue weighted by Gasteiger charge is -2.20. The second kappa shape index (κ2) is 5.83. The minimum atomic E-state index is -1.17. The summed E-state index contributed by atoms with van der Waals surface area (Å²) in [7, 11) is 0. The van der Waals surface area contributed by atoms with Gasteiger partial charge in [0.1, 0.15) is 17.5 Å². The zero-order valence-electron chi connectivity index (χ0n) is 10.6. The average molecular weight is 301 g/mol. The molecule has 1 atom stereocenters. The lowest BCUT2D eigenvalue weighted by Crippen LogP contribution is -2.31. The van der Waals surface area contributed by atoms with Crippen LogP contribution in [0.5, 0.6) is 0 Å². The Hall–Kier alpha value is -1.56. The van der Waals surface area contributed by atoms with Crippen LogP contribution in [-0.4, -0.2) is 0 Å². The molecule has 0 bridgehead atoms. The predicted molar refractivity (Wildman–Crippen MR) is 71.7 cm³/mol. The van der Waals surface area contributed by atoms with Crippen molar-refractivity contribution in [2.75, 3.05) is 0 Å². The molecule has 6 heteroatoms. The Labute approximate surface area is 119 Å². The van der Waals surface area contributed by atoms with E-state index in [1.54, 1.807) is 0 Å². The summed E-state index contributed by atoms with van der Waals surface area (Å²) in [6.45, 7) is 1.49. The number of nitrogens with one attached hydrogen (secondary N) is 1. The van der Waals surface area contributed by atoms with Crippen LogP contribution in [0.25, 0.3) is 0 Å². The Balaban J connectivity index is 2.65. The van der Waals surface area contributed by atoms with E-state index in [-0.39, 0.29) is 21.7 Å². The number of benzene rings is 2. The second-order valence-corrected chi connectivity index (χ2v) is 4.74. The lowest BCUT2D eigenvalue weighted by molar-refractivity contribution is 0.492. The highest BCUT2D eigenvalue weighted by atomic mass is 35.5. The van der Waals surface area contributed by atoms with Gasteiger partial charge in [0.25, 0.3) is 0 Å². The molecule has 0 aromatic heterocycles. The van der Waals surface area contributed by atoms with E-state index < -0.39 is 23.5 Å². The summed E-state index contributed by atoms with van der Waals surface area (Å²) in [4.78, 5) is 0. The highest BCUT2D eigenvalue weighted by molar-refractivity contribution is 6.30. The van der Waals surface area contributed by atoms with Crippen LogP contribution >= 0.6 is 11.6 Å². The fraction of sp³-hybridized carbons (Fsp3) is 0.143. The van der Waals surface area contributed by atoms with Gasteiger partial charge in [0.05, 0.1) is 11.1 Å². The molecule has 2 aromatic carbocycles. The molecular formula is C14H12ClF3N2. The maximum absolute atomic E-state index is 14.1. The summed E-state index contributed by atoms with van der Waals surface area (Å²) < 4.78 is 42.0. The largest absolute Gasteiger partial charge is 0.271 e. The van der Waals surface area contributed by atoms with Crippen LogP contribution in [0, 0.1) is 24.4 Å². The fourth-order valence-corrected chi connectivity index (χ4v) is 2.20. The standard InChI is InChI=1S/C14H12ClF3N2/c1-7-5-6-10(16)11(12(7)17)14(20-19)8-3-2-4-9(15)13(8)18/h2-6,14,20H,19H2,1H3. The van der Waals surface area contributed by atoms with Crippen molar-refractivity contribution < 1.29 is 13.2 Å². The van der Waals surface area contributed by atoms with Gasteiger partial charge in [-0.3, -0.25) is 5.84 Å². The average Bonchev–Trinajstić information content (AvgIpc) is 2.43. The van der Waals surface area contributed by atoms with Crippen LogP contribution in [0.15, 0.2) is 30.3 Å². The molecule has 2 nitrogen and oxygen atoms in total. The van der Waals surface area contributed by atoms with E-state index in [0.717, 1.165) is 6.07 Å². The molecule has 3 N–H and O–H groups in total. The van der Waals surface area contributed by atoms with E-state index >= 15 is 0 Å². The molecule has 0 aliphatic rings. The van der Waals surface area contributed by atoms with Gasteiger partial charge >= 0.3 is 0 Å². The Morgan fingerprint density at radius 2 is 1.80 bits per heavy atom. The van der Waals surface area contributed by atoms with Crippen LogP contribution < -0.4 is 11.3 Å². The molecule has 20 heavy (non-hydrogen) atoms. The Kier molecular flexibility index (Phi) is 4.32. The maximum atomic E-state index is 14.1. The molecule has 0 aliphatic carbocycles. The number of halogens is 4. The van der Waals surface area contributed by atoms with E-state index in [0.29, 0.717) is 0 Å². The number of hydrogen-bond acceptors (Lipinski definition) is 2. The van der Waals surface area contributed by atoms with E-state index in [1.165, 1.54) is 31.2 Å². The first-order valence-electron chi connectivity index (χ1n) is 5.82. The molecule has 0 saturated carbocycles. The first kappa shape index (κ1) is 14.8. The van der Waals surface area contributed by atoms with Crippen molar-refractivity contribution in [3.05, 3.63) is 69.5 Å². The monoisotopic (exact) mass is 300 g/mol. The van der Waals surface area contributed by atoms with Crippen molar-refractivity contribution in [3.63, 3.8) is 0 Å². The second-order valence-electron chi connectivity index (χ2n) is 4.33. The minimum Gasteiger partial charge on any atom is -0.271 e. The van der Waals surface area contributed by atoms with Crippen molar-refractivity contribution in [3.8, 4) is 0 Å². The number of nitrogens with two attached hydrogens (primary N) is 1. The molecule has 0 aliphatic heterocycles. The summed E-state index contributed by atoms with van der Waals surface area (Å²) in [5.74, 6) is 3.00. The van der Waals surface area contributed by atoms with Gasteiger partial charge in [-0.2, -0.15) is 0 Å². The maximum Gasteiger partial charge on any atom is 0.146 e. The summed E-state index contributed by atoms with van der Waals surface area (Å²) in [6.07, 6.45) is 0. The van der Waals surface area contributed by atoms with E-state index in [4.69, 9.17) is 17.4 Å². The normalized spacial score (nSPS) is 12.5. The predicted octanol–water partition coefficient (Wildman–Crippen LogP) is 3.62. The van der Waals surface area contributed by atoms with Crippen LogP contribution in [0.3, 0.4) is 0 Å². The number of aryl methyl sites for hydroxylation is 1. The minimum absolute atomic E-state index is 0.0246. The van der Waals surface area contributed by atoms with E-state index in [9.17, 15) is 13.2 Å². The quantitative estimate of drug-likeness (QED) is 0.671. The SMILES string of the molecule is Cc1ccc(F)c(C(NN)c2cccc(Cl)c2F)c1F. The molecule has 106 valence electrons. The van der Waals surface area contributed by atoms with Crippen LogP contribution in [0.1, 0.15) is 22.7 Å². The first-order valence-corrected chi connectivity index (χ1v) is 6.19. The third-order valence-corrected chi connectivity index (χ3v) is 3.36. The van der Waals surface area contributed by atoms with Gasteiger partial charge in [-0.1, -0.05) is 29.8 Å². The fourth-order valence-electron chi connectivity index (χ4n) is 2.02. The summed E-state index contributed by atoms with van der Waals surface area (Å²) in [6, 6.07) is 5.44. The van der Waals surface area contributed by atoms with Crippen LogP contribution in [0.2, 0.25) is 5.02 Å². The smallest absolute Gasteiger partial charge is 0.146 e. The molecule has 1 unspecified atom stereocenters. The van der Waals surface area contributed by atoms with Gasteiger partial charge < -0.3 is 0 Å². The molecule has 0 saturated heterocycles.